The second kappa shape index (κ2) is 6.74. The van der Waals surface area contributed by atoms with E-state index in [2.05, 4.69) is 58.0 Å². The van der Waals surface area contributed by atoms with E-state index in [1.165, 1.54) is 0 Å². The molecule has 4 heteroatoms. The highest BCUT2D eigenvalue weighted by Gasteiger charge is 2.41. The highest BCUT2D eigenvalue weighted by atomic mass is 35.5. The molecule has 0 fully saturated rings. The van der Waals surface area contributed by atoms with E-state index in [1.807, 2.05) is 18.2 Å². The lowest BCUT2D eigenvalue weighted by Crippen LogP contribution is -2.43. The first-order valence-electron chi connectivity index (χ1n) is 7.86. The fourth-order valence-electron chi connectivity index (χ4n) is 3.55. The minimum absolute atomic E-state index is 0.642. The summed E-state index contributed by atoms with van der Waals surface area (Å²) < 4.78 is 1.15. The smallest absolute Gasteiger partial charge is 0.167 e. The minimum Gasteiger partial charge on any atom is -0.228 e. The Balaban J connectivity index is 2.47. The van der Waals surface area contributed by atoms with Crippen LogP contribution in [0.3, 0.4) is 0 Å². The molecule has 22 heavy (non-hydrogen) atoms. The van der Waals surface area contributed by atoms with E-state index >= 15 is 0 Å². The molecule has 2 aromatic rings. The molecule has 0 bridgehead atoms. The topological polar surface area (TPSA) is 12.9 Å². The Morgan fingerprint density at radius 1 is 1.05 bits per heavy atom. The molecule has 0 aliphatic rings. The largest absolute Gasteiger partial charge is 0.228 e. The Bertz CT molecular complexity index is 700. The van der Waals surface area contributed by atoms with Gasteiger partial charge >= 0.3 is 0 Å². The quantitative estimate of drug-likeness (QED) is 0.454. The lowest BCUT2D eigenvalue weighted by Gasteiger charge is -2.37. The molecule has 1 aromatic carbocycles. The average Bonchev–Trinajstić information content (AvgIpc) is 2.79. The van der Waals surface area contributed by atoms with E-state index in [1.54, 1.807) is 11.3 Å². The van der Waals surface area contributed by atoms with Gasteiger partial charge in [-0.25, -0.2) is 4.98 Å². The molecule has 0 aliphatic heterocycles. The molecular weight excluding hydrogens is 326 g/mol. The summed E-state index contributed by atoms with van der Waals surface area (Å²) >= 11 is 7.70. The van der Waals surface area contributed by atoms with Gasteiger partial charge < -0.3 is 0 Å². The first kappa shape index (κ1) is 17.5. The third-order valence-corrected chi connectivity index (χ3v) is 12.1. The van der Waals surface area contributed by atoms with E-state index in [-0.39, 0.29) is 0 Å². The van der Waals surface area contributed by atoms with Gasteiger partial charge in [0.1, 0.15) is 8.07 Å². The molecular formula is C18H24ClNSSi. The first-order chi connectivity index (χ1) is 10.3. The Kier molecular flexibility index (Phi) is 5.37. The lowest BCUT2D eigenvalue weighted by atomic mass is 10.3. The molecule has 0 saturated heterocycles. The van der Waals surface area contributed by atoms with Gasteiger partial charge in [0.05, 0.1) is 10.2 Å². The van der Waals surface area contributed by atoms with E-state index in [4.69, 9.17) is 11.6 Å². The molecule has 0 amide bonds. The van der Waals surface area contributed by atoms with Gasteiger partial charge in [0.25, 0.3) is 0 Å². The second-order valence-electron chi connectivity index (χ2n) is 6.78. The van der Waals surface area contributed by atoms with Crippen molar-refractivity contribution in [3.05, 3.63) is 28.2 Å². The number of aromatic nitrogens is 1. The number of halogens is 1. The summed E-state index contributed by atoms with van der Waals surface area (Å²) in [5.41, 5.74) is 6.61. The standard InChI is InChI=1S/C18H24ClNSSi/c1-12(2)22(13(3)4,14(5)6)10-9-18-20-16-11-15(19)7-8-17(16)21-18/h7-8,11-14H,1-6H3. The van der Waals surface area contributed by atoms with Crippen LogP contribution in [0.1, 0.15) is 46.6 Å². The van der Waals surface area contributed by atoms with Crippen molar-refractivity contribution in [3.63, 3.8) is 0 Å². The highest BCUT2D eigenvalue weighted by molar-refractivity contribution is 7.19. The van der Waals surface area contributed by atoms with Gasteiger partial charge in [-0.1, -0.05) is 53.1 Å². The molecule has 1 aromatic heterocycles. The van der Waals surface area contributed by atoms with Gasteiger partial charge in [-0.3, -0.25) is 0 Å². The number of hydrogen-bond donors (Lipinski definition) is 0. The van der Waals surface area contributed by atoms with Crippen LogP contribution in [-0.2, 0) is 0 Å². The monoisotopic (exact) mass is 349 g/mol. The molecule has 0 N–H and O–H groups in total. The fourth-order valence-corrected chi connectivity index (χ4v) is 9.81. The summed E-state index contributed by atoms with van der Waals surface area (Å²) in [6.07, 6.45) is 0. The van der Waals surface area contributed by atoms with E-state index < -0.39 is 8.07 Å². The van der Waals surface area contributed by atoms with Crippen LogP contribution in [0.5, 0.6) is 0 Å². The van der Waals surface area contributed by atoms with E-state index in [0.717, 1.165) is 20.2 Å². The average molecular weight is 350 g/mol. The number of fused-ring (bicyclic) bond motifs is 1. The van der Waals surface area contributed by atoms with Crippen molar-refractivity contribution >= 4 is 41.2 Å². The van der Waals surface area contributed by atoms with Crippen molar-refractivity contribution in [2.75, 3.05) is 0 Å². The molecule has 0 unspecified atom stereocenters. The van der Waals surface area contributed by atoms with Crippen LogP contribution in [0.2, 0.25) is 21.6 Å². The zero-order valence-corrected chi connectivity index (χ0v) is 16.8. The summed E-state index contributed by atoms with van der Waals surface area (Å²) in [6.45, 7) is 14.0. The number of benzene rings is 1. The van der Waals surface area contributed by atoms with Crippen molar-refractivity contribution in [3.8, 4) is 11.5 Å². The lowest BCUT2D eigenvalue weighted by molar-refractivity contribution is 0.838. The maximum absolute atomic E-state index is 6.04. The fraction of sp³-hybridized carbons (Fsp3) is 0.500. The molecule has 0 atom stereocenters. The third-order valence-electron chi connectivity index (χ3n) is 4.60. The Labute approximate surface area is 144 Å². The van der Waals surface area contributed by atoms with Crippen LogP contribution >= 0.6 is 22.9 Å². The zero-order valence-electron chi connectivity index (χ0n) is 14.2. The van der Waals surface area contributed by atoms with E-state index in [9.17, 15) is 0 Å². The van der Waals surface area contributed by atoms with Crippen LogP contribution in [0, 0.1) is 11.5 Å². The molecule has 1 nitrogen and oxygen atoms in total. The SMILES string of the molecule is CC(C)[Si](C#Cc1nc2cc(Cl)ccc2s1)(C(C)C)C(C)C. The summed E-state index contributed by atoms with van der Waals surface area (Å²) in [5.74, 6) is 3.41. The van der Waals surface area contributed by atoms with Crippen LogP contribution in [0.25, 0.3) is 10.2 Å². The molecule has 0 radical (unpaired) electrons. The van der Waals surface area contributed by atoms with E-state index in [0.29, 0.717) is 16.6 Å². The van der Waals surface area contributed by atoms with Crippen molar-refractivity contribution < 1.29 is 0 Å². The third kappa shape index (κ3) is 3.25. The Morgan fingerprint density at radius 3 is 2.18 bits per heavy atom. The maximum atomic E-state index is 6.04. The van der Waals surface area contributed by atoms with Crippen LogP contribution in [0.15, 0.2) is 18.2 Å². The molecule has 118 valence electrons. The number of nitrogens with zero attached hydrogens (tertiary/aromatic N) is 1. The van der Waals surface area contributed by atoms with Gasteiger partial charge in [-0.15, -0.1) is 16.9 Å². The Morgan fingerprint density at radius 2 is 1.64 bits per heavy atom. The van der Waals surface area contributed by atoms with Gasteiger partial charge in [-0.05, 0) is 40.7 Å². The summed E-state index contributed by atoms with van der Waals surface area (Å²) in [5, 5.41) is 1.64. The predicted molar refractivity (Wildman–Crippen MR) is 103 cm³/mol. The predicted octanol–water partition coefficient (Wildman–Crippen LogP) is 6.52. The Hall–Kier alpha value is -0.823. The molecule has 1 heterocycles. The number of rotatable bonds is 3. The van der Waals surface area contributed by atoms with Crippen molar-refractivity contribution in [2.45, 2.75) is 58.2 Å². The van der Waals surface area contributed by atoms with Crippen molar-refractivity contribution in [2.24, 2.45) is 0 Å². The maximum Gasteiger partial charge on any atom is 0.167 e. The minimum atomic E-state index is -1.69. The van der Waals surface area contributed by atoms with Gasteiger partial charge in [0.15, 0.2) is 5.01 Å². The molecule has 0 saturated carbocycles. The van der Waals surface area contributed by atoms with Gasteiger partial charge in [-0.2, -0.15) is 0 Å². The number of thiazole rings is 1. The second-order valence-corrected chi connectivity index (χ2v) is 13.8. The highest BCUT2D eigenvalue weighted by Crippen LogP contribution is 2.40. The summed E-state index contributed by atoms with van der Waals surface area (Å²) in [7, 11) is -1.69. The van der Waals surface area contributed by atoms with Gasteiger partial charge in [0.2, 0.25) is 0 Å². The van der Waals surface area contributed by atoms with Gasteiger partial charge in [0, 0.05) is 5.02 Å². The van der Waals surface area contributed by atoms with Crippen LogP contribution in [0.4, 0.5) is 0 Å². The summed E-state index contributed by atoms with van der Waals surface area (Å²) in [4.78, 5) is 4.64. The summed E-state index contributed by atoms with van der Waals surface area (Å²) in [6, 6.07) is 5.85. The molecule has 0 spiro atoms. The van der Waals surface area contributed by atoms with Crippen LogP contribution < -0.4 is 0 Å². The van der Waals surface area contributed by atoms with Crippen molar-refractivity contribution in [1.82, 2.24) is 4.98 Å². The zero-order chi connectivity index (χ0) is 16.5. The van der Waals surface area contributed by atoms with Crippen LogP contribution in [-0.4, -0.2) is 13.1 Å². The molecule has 2 rings (SSSR count). The van der Waals surface area contributed by atoms with Crippen molar-refractivity contribution in [1.29, 1.82) is 0 Å². The number of hydrogen-bond acceptors (Lipinski definition) is 2. The normalized spacial score (nSPS) is 12.3. The molecule has 0 aliphatic carbocycles. The first-order valence-corrected chi connectivity index (χ1v) is 11.3.